The molecule has 0 fully saturated rings. The molecule has 0 saturated heterocycles. The Kier molecular flexibility index (Phi) is 2.77. The lowest BCUT2D eigenvalue weighted by molar-refractivity contribution is -0.233. The number of carboxylic acid groups (broad SMARTS) is 1. The number of aliphatic hydroxyl groups is 1. The van der Waals surface area contributed by atoms with Crippen LogP contribution in [0.15, 0.2) is 24.3 Å². The standard InChI is InChI=1S/C12H12F2O4/c1-7-6-18-9-5-3-2-4-8(9)11(7,17)12(13,14)10(15)16/h2-5,7,17H,6H2,1H3,(H,15,16). The van der Waals surface area contributed by atoms with E-state index in [1.165, 1.54) is 25.1 Å². The highest BCUT2D eigenvalue weighted by Crippen LogP contribution is 2.49. The summed E-state index contributed by atoms with van der Waals surface area (Å²) in [6, 6.07) is 5.68. The summed E-state index contributed by atoms with van der Waals surface area (Å²) >= 11 is 0. The second-order valence-electron chi connectivity index (χ2n) is 4.35. The molecule has 0 spiro atoms. The van der Waals surface area contributed by atoms with Crippen molar-refractivity contribution in [1.29, 1.82) is 0 Å². The van der Waals surface area contributed by atoms with Gasteiger partial charge >= 0.3 is 11.9 Å². The first-order chi connectivity index (χ1) is 8.31. The Bertz CT molecular complexity index is 489. The van der Waals surface area contributed by atoms with Crippen LogP contribution >= 0.6 is 0 Å². The van der Waals surface area contributed by atoms with E-state index in [9.17, 15) is 18.7 Å². The van der Waals surface area contributed by atoms with Crippen molar-refractivity contribution in [2.24, 2.45) is 5.92 Å². The average molecular weight is 258 g/mol. The molecule has 1 heterocycles. The van der Waals surface area contributed by atoms with Crippen LogP contribution in [0.4, 0.5) is 8.78 Å². The SMILES string of the molecule is CC1COc2ccccc2C1(O)C(F)(F)C(=O)O. The minimum atomic E-state index is -4.29. The van der Waals surface area contributed by atoms with Crippen LogP contribution in [0.5, 0.6) is 5.75 Å². The van der Waals surface area contributed by atoms with E-state index in [2.05, 4.69) is 0 Å². The predicted octanol–water partition coefficient (Wildman–Crippen LogP) is 1.62. The van der Waals surface area contributed by atoms with Gasteiger partial charge < -0.3 is 14.9 Å². The molecule has 2 atom stereocenters. The Morgan fingerprint density at radius 3 is 2.72 bits per heavy atom. The molecule has 4 nitrogen and oxygen atoms in total. The summed E-state index contributed by atoms with van der Waals surface area (Å²) in [7, 11) is 0. The van der Waals surface area contributed by atoms with Crippen LogP contribution in [-0.2, 0) is 10.4 Å². The summed E-state index contributed by atoms with van der Waals surface area (Å²) in [6.45, 7) is 1.16. The number of hydrogen-bond acceptors (Lipinski definition) is 3. The lowest BCUT2D eigenvalue weighted by atomic mass is 9.75. The number of halogens is 2. The number of para-hydroxylation sites is 1. The van der Waals surface area contributed by atoms with E-state index >= 15 is 0 Å². The van der Waals surface area contributed by atoms with E-state index in [0.717, 1.165) is 0 Å². The van der Waals surface area contributed by atoms with Gasteiger partial charge in [-0.15, -0.1) is 0 Å². The van der Waals surface area contributed by atoms with Crippen molar-refractivity contribution in [3.63, 3.8) is 0 Å². The number of alkyl halides is 2. The number of aliphatic carboxylic acids is 1. The quantitative estimate of drug-likeness (QED) is 0.846. The molecule has 18 heavy (non-hydrogen) atoms. The normalized spacial score (nSPS) is 27.2. The number of fused-ring (bicyclic) bond motifs is 1. The van der Waals surface area contributed by atoms with Crippen molar-refractivity contribution in [2.75, 3.05) is 6.61 Å². The van der Waals surface area contributed by atoms with Crippen molar-refractivity contribution in [3.05, 3.63) is 29.8 Å². The van der Waals surface area contributed by atoms with E-state index < -0.39 is 23.4 Å². The Morgan fingerprint density at radius 1 is 1.50 bits per heavy atom. The van der Waals surface area contributed by atoms with E-state index in [4.69, 9.17) is 9.84 Å². The molecule has 2 N–H and O–H groups in total. The van der Waals surface area contributed by atoms with Gasteiger partial charge in [0.15, 0.2) is 5.60 Å². The highest BCUT2D eigenvalue weighted by molar-refractivity contribution is 5.78. The first-order valence-electron chi connectivity index (χ1n) is 5.37. The fourth-order valence-corrected chi connectivity index (χ4v) is 2.15. The van der Waals surface area contributed by atoms with E-state index in [-0.39, 0.29) is 17.9 Å². The molecule has 98 valence electrons. The number of carbonyl (C=O) groups is 1. The molecule has 1 aliphatic heterocycles. The Balaban J connectivity index is 2.65. The zero-order chi connectivity index (χ0) is 13.6. The van der Waals surface area contributed by atoms with Crippen LogP contribution in [0.2, 0.25) is 0 Å². The molecule has 0 saturated carbocycles. The van der Waals surface area contributed by atoms with E-state index in [1.807, 2.05) is 0 Å². The number of rotatable bonds is 2. The van der Waals surface area contributed by atoms with Crippen LogP contribution < -0.4 is 4.74 Å². The van der Waals surface area contributed by atoms with Gasteiger partial charge in [-0.3, -0.25) is 0 Å². The van der Waals surface area contributed by atoms with Gasteiger partial charge in [-0.05, 0) is 6.07 Å². The molecule has 2 unspecified atom stereocenters. The molecule has 0 bridgehead atoms. The second kappa shape index (κ2) is 3.91. The first kappa shape index (κ1) is 12.8. The maximum Gasteiger partial charge on any atom is 0.378 e. The maximum atomic E-state index is 13.8. The Labute approximate surface area is 102 Å². The Hall–Kier alpha value is -1.69. The largest absolute Gasteiger partial charge is 0.493 e. The lowest BCUT2D eigenvalue weighted by Gasteiger charge is -2.42. The first-order valence-corrected chi connectivity index (χ1v) is 5.37. The van der Waals surface area contributed by atoms with Crippen molar-refractivity contribution in [1.82, 2.24) is 0 Å². The minimum absolute atomic E-state index is 0.0824. The summed E-state index contributed by atoms with van der Waals surface area (Å²) in [5.74, 6) is -7.60. The third kappa shape index (κ3) is 1.49. The van der Waals surface area contributed by atoms with Crippen molar-refractivity contribution in [3.8, 4) is 5.75 Å². The van der Waals surface area contributed by atoms with Gasteiger partial charge in [-0.2, -0.15) is 8.78 Å². The van der Waals surface area contributed by atoms with Crippen LogP contribution in [0.25, 0.3) is 0 Å². The van der Waals surface area contributed by atoms with Gasteiger partial charge in [-0.1, -0.05) is 25.1 Å². The molecule has 0 radical (unpaired) electrons. The number of hydrogen-bond donors (Lipinski definition) is 2. The average Bonchev–Trinajstić information content (AvgIpc) is 2.34. The molecule has 6 heteroatoms. The van der Waals surface area contributed by atoms with Gasteiger partial charge in [0.2, 0.25) is 0 Å². The van der Waals surface area contributed by atoms with Crippen LogP contribution in [-0.4, -0.2) is 28.7 Å². The minimum Gasteiger partial charge on any atom is -0.493 e. The third-order valence-corrected chi connectivity index (χ3v) is 3.25. The fraction of sp³-hybridized carbons (Fsp3) is 0.417. The van der Waals surface area contributed by atoms with E-state index in [1.54, 1.807) is 6.07 Å². The fourth-order valence-electron chi connectivity index (χ4n) is 2.15. The molecule has 1 aliphatic rings. The highest BCUT2D eigenvalue weighted by atomic mass is 19.3. The van der Waals surface area contributed by atoms with Crippen LogP contribution in [0.3, 0.4) is 0 Å². The smallest absolute Gasteiger partial charge is 0.378 e. The molecule has 0 aromatic heterocycles. The topological polar surface area (TPSA) is 66.8 Å². The summed E-state index contributed by atoms with van der Waals surface area (Å²) < 4.78 is 32.9. The summed E-state index contributed by atoms with van der Waals surface area (Å²) in [4.78, 5) is 10.7. The second-order valence-corrected chi connectivity index (χ2v) is 4.35. The monoisotopic (exact) mass is 258 g/mol. The zero-order valence-electron chi connectivity index (χ0n) is 9.56. The van der Waals surface area contributed by atoms with Gasteiger partial charge in [0.25, 0.3) is 0 Å². The van der Waals surface area contributed by atoms with Gasteiger partial charge in [0.05, 0.1) is 6.61 Å². The van der Waals surface area contributed by atoms with Gasteiger partial charge in [-0.25, -0.2) is 4.79 Å². The van der Waals surface area contributed by atoms with Crippen LogP contribution in [0.1, 0.15) is 12.5 Å². The van der Waals surface area contributed by atoms with Gasteiger partial charge in [0.1, 0.15) is 5.75 Å². The summed E-state index contributed by atoms with van der Waals surface area (Å²) in [5.41, 5.74) is -2.97. The molecule has 0 aliphatic carbocycles. The zero-order valence-corrected chi connectivity index (χ0v) is 9.56. The van der Waals surface area contributed by atoms with Crippen LogP contribution in [0, 0.1) is 5.92 Å². The number of carboxylic acids is 1. The van der Waals surface area contributed by atoms with Crippen molar-refractivity contribution in [2.45, 2.75) is 18.4 Å². The highest BCUT2D eigenvalue weighted by Gasteiger charge is 2.64. The number of benzene rings is 1. The molecular formula is C12H12F2O4. The van der Waals surface area contributed by atoms with Crippen molar-refractivity contribution >= 4 is 5.97 Å². The molecule has 0 amide bonds. The lowest BCUT2D eigenvalue weighted by Crippen LogP contribution is -2.57. The molecule has 1 aromatic rings. The molecule has 2 rings (SSSR count). The summed E-state index contributed by atoms with van der Waals surface area (Å²) in [5, 5.41) is 18.9. The van der Waals surface area contributed by atoms with E-state index in [0.29, 0.717) is 0 Å². The maximum absolute atomic E-state index is 13.8. The molecule has 1 aromatic carbocycles. The van der Waals surface area contributed by atoms with Crippen molar-refractivity contribution < 1.29 is 28.5 Å². The van der Waals surface area contributed by atoms with Gasteiger partial charge in [0, 0.05) is 11.5 Å². The summed E-state index contributed by atoms with van der Waals surface area (Å²) in [6.07, 6.45) is 0. The third-order valence-electron chi connectivity index (χ3n) is 3.25. The predicted molar refractivity (Wildman–Crippen MR) is 57.6 cm³/mol. The number of ether oxygens (including phenoxy) is 1. The Morgan fingerprint density at radius 2 is 2.11 bits per heavy atom. The molecular weight excluding hydrogens is 246 g/mol.